The van der Waals surface area contributed by atoms with E-state index in [1.165, 1.54) is 36.7 Å². The van der Waals surface area contributed by atoms with Crippen LogP contribution in [0.2, 0.25) is 0 Å². The van der Waals surface area contributed by atoms with Gasteiger partial charge >= 0.3 is 0 Å². The Kier molecular flexibility index (Phi) is 6.22. The number of halogens is 1. The van der Waals surface area contributed by atoms with Crippen LogP contribution in [0.5, 0.6) is 0 Å². The number of likely N-dealkylation sites (tertiary alicyclic amines) is 1. The molecule has 2 aromatic rings. The number of carbonyl (C=O) groups is 2. The number of piperidine rings is 1. The van der Waals surface area contributed by atoms with Crippen molar-refractivity contribution in [3.05, 3.63) is 33.6 Å². The number of furan rings is 1. The number of hydrogen-bond donors (Lipinski definition) is 2. The summed E-state index contributed by atoms with van der Waals surface area (Å²) in [4.78, 5) is 30.6. The Balaban J connectivity index is 1.44. The highest BCUT2D eigenvalue weighted by atomic mass is 79.9. The summed E-state index contributed by atoms with van der Waals surface area (Å²) >= 11 is 4.52. The minimum atomic E-state index is -0.439. The van der Waals surface area contributed by atoms with Gasteiger partial charge in [-0.3, -0.25) is 14.5 Å². The molecule has 134 valence electrons. The van der Waals surface area contributed by atoms with E-state index in [4.69, 9.17) is 4.42 Å². The quantitative estimate of drug-likeness (QED) is 0.741. The summed E-state index contributed by atoms with van der Waals surface area (Å²) in [6.07, 6.45) is 3.77. The standard InChI is InChI=1S/C16H19BrN4O3S/c17-13-5-4-12(24-13)15(23)18-8-14(22)20-16-19-11(10-25-16)9-21-6-2-1-3-7-21/h4-5,10H,1-3,6-9H2,(H,18,23)(H,19,20,22). The molecule has 0 aliphatic carbocycles. The maximum absolute atomic E-state index is 11.9. The molecule has 0 atom stereocenters. The number of nitrogens with zero attached hydrogens (tertiary/aromatic N) is 2. The van der Waals surface area contributed by atoms with Crippen molar-refractivity contribution in [2.75, 3.05) is 25.0 Å². The molecule has 2 N–H and O–H groups in total. The first-order chi connectivity index (χ1) is 12.1. The number of hydrogen-bond acceptors (Lipinski definition) is 6. The number of rotatable bonds is 6. The van der Waals surface area contributed by atoms with E-state index < -0.39 is 5.91 Å². The third kappa shape index (κ3) is 5.38. The van der Waals surface area contributed by atoms with Gasteiger partial charge in [-0.1, -0.05) is 6.42 Å². The van der Waals surface area contributed by atoms with Gasteiger partial charge in [0.25, 0.3) is 5.91 Å². The van der Waals surface area contributed by atoms with E-state index in [0.29, 0.717) is 9.80 Å². The van der Waals surface area contributed by atoms with Crippen molar-refractivity contribution >= 4 is 44.2 Å². The summed E-state index contributed by atoms with van der Waals surface area (Å²) in [6.45, 7) is 2.89. The van der Waals surface area contributed by atoms with Crippen molar-refractivity contribution in [3.8, 4) is 0 Å². The highest BCUT2D eigenvalue weighted by Crippen LogP contribution is 2.18. The molecule has 1 aliphatic rings. The first-order valence-corrected chi connectivity index (χ1v) is 9.77. The Morgan fingerprint density at radius 2 is 2.08 bits per heavy atom. The summed E-state index contributed by atoms with van der Waals surface area (Å²) in [5.74, 6) is -0.610. The normalized spacial score (nSPS) is 15.1. The van der Waals surface area contributed by atoms with Gasteiger partial charge in [0.2, 0.25) is 5.91 Å². The zero-order valence-electron chi connectivity index (χ0n) is 13.6. The van der Waals surface area contributed by atoms with Gasteiger partial charge in [0.05, 0.1) is 12.2 Å². The van der Waals surface area contributed by atoms with Gasteiger partial charge in [-0.15, -0.1) is 11.3 Å². The van der Waals surface area contributed by atoms with Crippen LogP contribution < -0.4 is 10.6 Å². The van der Waals surface area contributed by atoms with Crippen LogP contribution in [0.4, 0.5) is 5.13 Å². The monoisotopic (exact) mass is 426 g/mol. The molecule has 2 aromatic heterocycles. The predicted molar refractivity (Wildman–Crippen MR) is 98.6 cm³/mol. The molecule has 25 heavy (non-hydrogen) atoms. The number of carbonyl (C=O) groups excluding carboxylic acids is 2. The van der Waals surface area contributed by atoms with E-state index >= 15 is 0 Å². The fourth-order valence-electron chi connectivity index (χ4n) is 2.63. The van der Waals surface area contributed by atoms with Gasteiger partial charge in [-0.05, 0) is 54.0 Å². The van der Waals surface area contributed by atoms with E-state index in [9.17, 15) is 9.59 Å². The van der Waals surface area contributed by atoms with Crippen molar-refractivity contribution in [1.29, 1.82) is 0 Å². The molecule has 0 saturated carbocycles. The molecular formula is C16H19BrN4O3S. The Morgan fingerprint density at radius 1 is 1.28 bits per heavy atom. The lowest BCUT2D eigenvalue weighted by Crippen LogP contribution is -2.32. The van der Waals surface area contributed by atoms with Crippen LogP contribution in [0, 0.1) is 0 Å². The maximum atomic E-state index is 11.9. The highest BCUT2D eigenvalue weighted by Gasteiger charge is 2.14. The Morgan fingerprint density at radius 3 is 2.80 bits per heavy atom. The predicted octanol–water partition coefficient (Wildman–Crippen LogP) is 2.85. The molecule has 1 saturated heterocycles. The van der Waals surface area contributed by atoms with Gasteiger partial charge in [0.15, 0.2) is 15.6 Å². The Bertz CT molecular complexity index is 739. The molecule has 9 heteroatoms. The topological polar surface area (TPSA) is 87.5 Å². The molecular weight excluding hydrogens is 408 g/mol. The van der Waals surface area contributed by atoms with Crippen molar-refractivity contribution in [2.24, 2.45) is 0 Å². The first kappa shape index (κ1) is 18.1. The van der Waals surface area contributed by atoms with E-state index in [0.717, 1.165) is 25.3 Å². The minimum absolute atomic E-state index is 0.141. The average molecular weight is 427 g/mol. The second-order valence-corrected chi connectivity index (χ2v) is 7.46. The van der Waals surface area contributed by atoms with Gasteiger partial charge in [-0.25, -0.2) is 4.98 Å². The van der Waals surface area contributed by atoms with E-state index in [1.807, 2.05) is 5.38 Å². The molecule has 3 rings (SSSR count). The summed E-state index contributed by atoms with van der Waals surface area (Å²) in [7, 11) is 0. The summed E-state index contributed by atoms with van der Waals surface area (Å²) < 4.78 is 5.59. The van der Waals surface area contributed by atoms with Gasteiger partial charge in [0.1, 0.15) is 0 Å². The lowest BCUT2D eigenvalue weighted by Gasteiger charge is -2.25. The van der Waals surface area contributed by atoms with Crippen LogP contribution in [0.1, 0.15) is 35.5 Å². The molecule has 2 amide bonds. The maximum Gasteiger partial charge on any atom is 0.287 e. The summed E-state index contributed by atoms with van der Waals surface area (Å²) in [6, 6.07) is 3.15. The number of amides is 2. The third-order valence-corrected chi connectivity index (χ3v) is 5.07. The number of nitrogens with one attached hydrogen (secondary N) is 2. The third-order valence-electron chi connectivity index (χ3n) is 3.84. The summed E-state index contributed by atoms with van der Waals surface area (Å²) in [5, 5.41) is 7.72. The first-order valence-electron chi connectivity index (χ1n) is 8.10. The van der Waals surface area contributed by atoms with Crippen LogP contribution in [0.15, 0.2) is 26.6 Å². The zero-order valence-corrected chi connectivity index (χ0v) is 16.0. The molecule has 0 aromatic carbocycles. The molecule has 0 bridgehead atoms. The number of thiazole rings is 1. The molecule has 0 radical (unpaired) electrons. The minimum Gasteiger partial charge on any atom is -0.444 e. The zero-order chi connectivity index (χ0) is 17.6. The van der Waals surface area contributed by atoms with E-state index in [-0.39, 0.29) is 18.2 Å². The van der Waals surface area contributed by atoms with Crippen molar-refractivity contribution in [1.82, 2.24) is 15.2 Å². The van der Waals surface area contributed by atoms with Crippen LogP contribution in [0.3, 0.4) is 0 Å². The molecule has 7 nitrogen and oxygen atoms in total. The lowest BCUT2D eigenvalue weighted by atomic mass is 10.1. The number of aromatic nitrogens is 1. The van der Waals surface area contributed by atoms with Crippen LogP contribution in [-0.4, -0.2) is 41.3 Å². The molecule has 1 fully saturated rings. The molecule has 1 aliphatic heterocycles. The van der Waals surface area contributed by atoms with E-state index in [1.54, 1.807) is 6.07 Å². The molecule has 0 unspecified atom stereocenters. The second-order valence-electron chi connectivity index (χ2n) is 5.82. The number of anilines is 1. The van der Waals surface area contributed by atoms with E-state index in [2.05, 4.69) is 36.4 Å². The fraction of sp³-hybridized carbons (Fsp3) is 0.438. The van der Waals surface area contributed by atoms with Gasteiger partial charge in [0, 0.05) is 11.9 Å². The van der Waals surface area contributed by atoms with Crippen molar-refractivity contribution in [3.63, 3.8) is 0 Å². The summed E-state index contributed by atoms with van der Waals surface area (Å²) in [5.41, 5.74) is 0.965. The van der Waals surface area contributed by atoms with Gasteiger partial charge < -0.3 is 15.1 Å². The second kappa shape index (κ2) is 8.59. The average Bonchev–Trinajstić information content (AvgIpc) is 3.23. The van der Waals surface area contributed by atoms with Crippen LogP contribution in [0.25, 0.3) is 0 Å². The molecule has 3 heterocycles. The van der Waals surface area contributed by atoms with Gasteiger partial charge in [-0.2, -0.15) is 0 Å². The Hall–Kier alpha value is -1.71. The SMILES string of the molecule is O=C(CNC(=O)c1ccc(Br)o1)Nc1nc(CN2CCCCC2)cs1. The van der Waals surface area contributed by atoms with Crippen molar-refractivity contribution in [2.45, 2.75) is 25.8 Å². The van der Waals surface area contributed by atoms with Crippen LogP contribution in [-0.2, 0) is 11.3 Å². The van der Waals surface area contributed by atoms with Crippen molar-refractivity contribution < 1.29 is 14.0 Å². The fourth-order valence-corrected chi connectivity index (χ4v) is 3.66. The Labute approximate surface area is 157 Å². The lowest BCUT2D eigenvalue weighted by molar-refractivity contribution is -0.115. The van der Waals surface area contributed by atoms with Crippen LogP contribution >= 0.6 is 27.3 Å². The smallest absolute Gasteiger partial charge is 0.287 e. The molecule has 0 spiro atoms. The highest BCUT2D eigenvalue weighted by molar-refractivity contribution is 9.10. The largest absolute Gasteiger partial charge is 0.444 e.